The number of ether oxygens (including phenoxy) is 1. The van der Waals surface area contributed by atoms with Crippen LogP contribution in [0.3, 0.4) is 0 Å². The standard InChI is InChI=1S/C16H14N2O5S/c1-10-3-6-12(7-4-10)24(20,21)18-11-5-8-14-13(9-11)17-15(23-14)16(19)22-2/h3-9,18H,1-2H3. The summed E-state index contributed by atoms with van der Waals surface area (Å²) in [5.41, 5.74) is 1.98. The molecule has 0 aliphatic heterocycles. The minimum absolute atomic E-state index is 0.156. The maximum absolute atomic E-state index is 12.4. The molecule has 0 spiro atoms. The van der Waals surface area contributed by atoms with Crippen molar-refractivity contribution in [2.45, 2.75) is 11.8 Å². The molecule has 2 aromatic carbocycles. The number of carbonyl (C=O) groups is 1. The molecule has 0 atom stereocenters. The number of sulfonamides is 1. The summed E-state index contributed by atoms with van der Waals surface area (Å²) in [5.74, 6) is -0.890. The lowest BCUT2D eigenvalue weighted by molar-refractivity contribution is 0.0558. The molecule has 0 fully saturated rings. The SMILES string of the molecule is COC(=O)c1nc2cc(NS(=O)(=O)c3ccc(C)cc3)ccc2o1. The van der Waals surface area contributed by atoms with Crippen LogP contribution in [0.2, 0.25) is 0 Å². The number of aryl methyl sites for hydroxylation is 1. The van der Waals surface area contributed by atoms with E-state index in [9.17, 15) is 13.2 Å². The lowest BCUT2D eigenvalue weighted by Gasteiger charge is -2.08. The zero-order valence-electron chi connectivity index (χ0n) is 12.9. The topological polar surface area (TPSA) is 98.5 Å². The molecule has 0 radical (unpaired) electrons. The molecular weight excluding hydrogens is 332 g/mol. The normalized spacial score (nSPS) is 11.4. The molecule has 1 heterocycles. The molecule has 1 N–H and O–H groups in total. The van der Waals surface area contributed by atoms with Gasteiger partial charge in [0.05, 0.1) is 17.7 Å². The highest BCUT2D eigenvalue weighted by Crippen LogP contribution is 2.23. The summed E-state index contributed by atoms with van der Waals surface area (Å²) >= 11 is 0. The number of oxazole rings is 1. The Kier molecular flexibility index (Phi) is 3.98. The van der Waals surface area contributed by atoms with Gasteiger partial charge in [-0.05, 0) is 37.3 Å². The summed E-state index contributed by atoms with van der Waals surface area (Å²) in [6.07, 6.45) is 0. The number of fused-ring (bicyclic) bond motifs is 1. The fourth-order valence-electron chi connectivity index (χ4n) is 2.10. The number of benzene rings is 2. The second-order valence-electron chi connectivity index (χ2n) is 5.11. The van der Waals surface area contributed by atoms with Gasteiger partial charge in [0.2, 0.25) is 0 Å². The monoisotopic (exact) mass is 346 g/mol. The molecular formula is C16H14N2O5S. The van der Waals surface area contributed by atoms with Crippen molar-refractivity contribution in [2.75, 3.05) is 11.8 Å². The van der Waals surface area contributed by atoms with Crippen LogP contribution in [-0.4, -0.2) is 26.5 Å². The highest BCUT2D eigenvalue weighted by molar-refractivity contribution is 7.92. The number of hydrogen-bond acceptors (Lipinski definition) is 6. The molecule has 1 aromatic heterocycles. The second kappa shape index (κ2) is 5.97. The number of anilines is 1. The molecule has 8 heteroatoms. The van der Waals surface area contributed by atoms with E-state index in [1.807, 2.05) is 6.92 Å². The maximum atomic E-state index is 12.4. The molecule has 3 rings (SSSR count). The van der Waals surface area contributed by atoms with E-state index in [2.05, 4.69) is 14.4 Å². The quantitative estimate of drug-likeness (QED) is 0.729. The van der Waals surface area contributed by atoms with Crippen molar-refractivity contribution in [2.24, 2.45) is 0 Å². The Morgan fingerprint density at radius 2 is 1.88 bits per heavy atom. The Labute approximate surface area is 138 Å². The van der Waals surface area contributed by atoms with Crippen molar-refractivity contribution in [1.82, 2.24) is 4.98 Å². The van der Waals surface area contributed by atoms with Crippen molar-refractivity contribution in [3.8, 4) is 0 Å². The third-order valence-electron chi connectivity index (χ3n) is 3.33. The Morgan fingerprint density at radius 3 is 2.54 bits per heavy atom. The number of aromatic nitrogens is 1. The van der Waals surface area contributed by atoms with Gasteiger partial charge in [0, 0.05) is 0 Å². The average molecular weight is 346 g/mol. The minimum atomic E-state index is -3.71. The van der Waals surface area contributed by atoms with Crippen molar-refractivity contribution >= 4 is 32.8 Å². The number of nitrogens with zero attached hydrogens (tertiary/aromatic N) is 1. The predicted octanol–water partition coefficient (Wildman–Crippen LogP) is 2.72. The van der Waals surface area contributed by atoms with Gasteiger partial charge in [-0.2, -0.15) is 0 Å². The number of nitrogens with one attached hydrogen (secondary N) is 1. The van der Waals surface area contributed by atoms with E-state index < -0.39 is 16.0 Å². The molecule has 0 aliphatic rings. The number of carbonyl (C=O) groups excluding carboxylic acids is 1. The van der Waals surface area contributed by atoms with Crippen molar-refractivity contribution < 1.29 is 22.4 Å². The molecule has 0 unspecified atom stereocenters. The molecule has 0 saturated carbocycles. The number of esters is 1. The molecule has 0 saturated heterocycles. The van der Waals surface area contributed by atoms with Gasteiger partial charge in [-0.3, -0.25) is 4.72 Å². The van der Waals surface area contributed by atoms with E-state index >= 15 is 0 Å². The summed E-state index contributed by atoms with van der Waals surface area (Å²) in [4.78, 5) is 15.6. The van der Waals surface area contributed by atoms with Gasteiger partial charge in [-0.25, -0.2) is 18.2 Å². The Balaban J connectivity index is 1.92. The van der Waals surface area contributed by atoms with Gasteiger partial charge in [0.15, 0.2) is 5.58 Å². The number of methoxy groups -OCH3 is 1. The molecule has 0 bridgehead atoms. The van der Waals surface area contributed by atoms with Gasteiger partial charge >= 0.3 is 11.9 Å². The first kappa shape index (κ1) is 16.0. The van der Waals surface area contributed by atoms with E-state index in [1.165, 1.54) is 37.4 Å². The first-order valence-corrected chi connectivity index (χ1v) is 8.46. The van der Waals surface area contributed by atoms with Crippen molar-refractivity contribution in [1.29, 1.82) is 0 Å². The van der Waals surface area contributed by atoms with Crippen LogP contribution in [0.15, 0.2) is 51.8 Å². The van der Waals surface area contributed by atoms with E-state index in [0.717, 1.165) is 5.56 Å². The zero-order valence-corrected chi connectivity index (χ0v) is 13.8. The molecule has 124 valence electrons. The fourth-order valence-corrected chi connectivity index (χ4v) is 3.15. The van der Waals surface area contributed by atoms with E-state index in [0.29, 0.717) is 16.8 Å². The Hall–Kier alpha value is -2.87. The highest BCUT2D eigenvalue weighted by Gasteiger charge is 2.17. The summed E-state index contributed by atoms with van der Waals surface area (Å²) in [6.45, 7) is 1.88. The van der Waals surface area contributed by atoms with E-state index in [4.69, 9.17) is 4.42 Å². The summed E-state index contributed by atoms with van der Waals surface area (Å²) in [6, 6.07) is 11.0. The van der Waals surface area contributed by atoms with Crippen molar-refractivity contribution in [3.05, 3.63) is 53.9 Å². The van der Waals surface area contributed by atoms with Crippen LogP contribution in [0, 0.1) is 6.92 Å². The molecule has 0 amide bonds. The largest absolute Gasteiger partial charge is 0.462 e. The third-order valence-corrected chi connectivity index (χ3v) is 4.73. The number of hydrogen-bond donors (Lipinski definition) is 1. The third kappa shape index (κ3) is 3.09. The molecule has 3 aromatic rings. The van der Waals surface area contributed by atoms with Crippen molar-refractivity contribution in [3.63, 3.8) is 0 Å². The van der Waals surface area contributed by atoms with Crippen LogP contribution >= 0.6 is 0 Å². The summed E-state index contributed by atoms with van der Waals surface area (Å²) in [5, 5.41) is 0. The first-order valence-electron chi connectivity index (χ1n) is 6.97. The van der Waals surface area contributed by atoms with Gasteiger partial charge < -0.3 is 9.15 Å². The van der Waals surface area contributed by atoms with Crippen LogP contribution in [0.4, 0.5) is 5.69 Å². The van der Waals surface area contributed by atoms with E-state index in [1.54, 1.807) is 12.1 Å². The molecule has 24 heavy (non-hydrogen) atoms. The smallest absolute Gasteiger partial charge is 0.394 e. The van der Waals surface area contributed by atoms with E-state index in [-0.39, 0.29) is 10.8 Å². The van der Waals surface area contributed by atoms with Gasteiger partial charge in [-0.15, -0.1) is 0 Å². The van der Waals surface area contributed by atoms with Gasteiger partial charge in [-0.1, -0.05) is 17.7 Å². The van der Waals surface area contributed by atoms with Gasteiger partial charge in [0.25, 0.3) is 10.0 Å². The van der Waals surface area contributed by atoms with Crippen LogP contribution < -0.4 is 4.72 Å². The van der Waals surface area contributed by atoms with Crippen LogP contribution in [0.5, 0.6) is 0 Å². The zero-order chi connectivity index (χ0) is 17.3. The maximum Gasteiger partial charge on any atom is 0.394 e. The second-order valence-corrected chi connectivity index (χ2v) is 6.79. The number of rotatable bonds is 4. The summed E-state index contributed by atoms with van der Waals surface area (Å²) in [7, 11) is -2.49. The van der Waals surface area contributed by atoms with Crippen LogP contribution in [0.25, 0.3) is 11.1 Å². The molecule has 0 aliphatic carbocycles. The Morgan fingerprint density at radius 1 is 1.17 bits per heavy atom. The minimum Gasteiger partial charge on any atom is -0.462 e. The fraction of sp³-hybridized carbons (Fsp3) is 0.125. The summed E-state index contributed by atoms with van der Waals surface area (Å²) < 4.78 is 37.0. The molecule has 7 nitrogen and oxygen atoms in total. The Bertz CT molecular complexity index is 1010. The lowest BCUT2D eigenvalue weighted by atomic mass is 10.2. The van der Waals surface area contributed by atoms with Gasteiger partial charge in [0.1, 0.15) is 5.52 Å². The van der Waals surface area contributed by atoms with Crippen LogP contribution in [0.1, 0.15) is 16.2 Å². The average Bonchev–Trinajstić information content (AvgIpc) is 2.97. The predicted molar refractivity (Wildman–Crippen MR) is 87.3 cm³/mol. The highest BCUT2D eigenvalue weighted by atomic mass is 32.2. The first-order chi connectivity index (χ1) is 11.4. The van der Waals surface area contributed by atoms with Crippen LogP contribution in [-0.2, 0) is 14.8 Å². The lowest BCUT2D eigenvalue weighted by Crippen LogP contribution is -2.12.